The van der Waals surface area contributed by atoms with Gasteiger partial charge >= 0.3 is 0 Å². The minimum atomic E-state index is 0.627. The van der Waals surface area contributed by atoms with Crippen LogP contribution < -0.4 is 0 Å². The average Bonchev–Trinajstić information content (AvgIpc) is 2.82. The van der Waals surface area contributed by atoms with Crippen molar-refractivity contribution in [3.05, 3.63) is 77.4 Å². The maximum atomic E-state index is 4.01. The molecule has 1 aliphatic rings. The molecular formula is C34H52. The lowest BCUT2D eigenvalue weighted by Gasteiger charge is -2.45. The summed E-state index contributed by atoms with van der Waals surface area (Å²) < 4.78 is 0. The van der Waals surface area contributed by atoms with E-state index in [9.17, 15) is 0 Å². The van der Waals surface area contributed by atoms with E-state index in [1.165, 1.54) is 86.5 Å². The maximum Gasteiger partial charge on any atom is -0.0154 e. The zero-order valence-electron chi connectivity index (χ0n) is 23.3. The molecule has 2 aromatic rings. The van der Waals surface area contributed by atoms with Gasteiger partial charge in [-0.1, -0.05) is 120 Å². The first-order valence-electron chi connectivity index (χ1n) is 14.2. The first kappa shape index (κ1) is 28.4. The van der Waals surface area contributed by atoms with E-state index in [1.54, 1.807) is 5.56 Å². The van der Waals surface area contributed by atoms with E-state index in [0.29, 0.717) is 5.41 Å². The number of aryl methyl sites for hydroxylation is 1. The lowest BCUT2D eigenvalue weighted by Crippen LogP contribution is -2.32. The van der Waals surface area contributed by atoms with E-state index in [1.807, 2.05) is 0 Å². The summed E-state index contributed by atoms with van der Waals surface area (Å²) in [4.78, 5) is 0. The van der Waals surface area contributed by atoms with E-state index in [2.05, 4.69) is 96.7 Å². The van der Waals surface area contributed by atoms with Crippen molar-refractivity contribution >= 4 is 5.57 Å². The van der Waals surface area contributed by atoms with Gasteiger partial charge in [-0.05, 0) is 91.9 Å². The van der Waals surface area contributed by atoms with E-state index >= 15 is 0 Å². The van der Waals surface area contributed by atoms with Gasteiger partial charge in [0.2, 0.25) is 0 Å². The average molecular weight is 461 g/mol. The van der Waals surface area contributed by atoms with Crippen molar-refractivity contribution in [1.29, 1.82) is 0 Å². The molecule has 0 aliphatic heterocycles. The molecule has 1 aliphatic carbocycles. The molecule has 1 fully saturated rings. The van der Waals surface area contributed by atoms with E-state index < -0.39 is 0 Å². The summed E-state index contributed by atoms with van der Waals surface area (Å²) in [5.74, 6) is 1.75. The zero-order chi connectivity index (χ0) is 25.0. The smallest absolute Gasteiger partial charge is 0.0154 e. The summed E-state index contributed by atoms with van der Waals surface area (Å²) in [7, 11) is 0. The van der Waals surface area contributed by atoms with Crippen LogP contribution in [-0.2, 0) is 6.42 Å². The van der Waals surface area contributed by atoms with Gasteiger partial charge in [0.15, 0.2) is 0 Å². The van der Waals surface area contributed by atoms with Gasteiger partial charge in [-0.3, -0.25) is 0 Å². The molecule has 3 rings (SSSR count). The quantitative estimate of drug-likeness (QED) is 0.330. The van der Waals surface area contributed by atoms with Crippen LogP contribution in [0.1, 0.15) is 127 Å². The predicted molar refractivity (Wildman–Crippen MR) is 154 cm³/mol. The Hall–Kier alpha value is -1.82. The molecule has 0 nitrogen and oxygen atoms in total. The third-order valence-corrected chi connectivity index (χ3v) is 7.92. The van der Waals surface area contributed by atoms with E-state index in [0.717, 1.165) is 18.3 Å². The second-order valence-electron chi connectivity index (χ2n) is 11.0. The highest BCUT2D eigenvalue weighted by Gasteiger charge is 2.39. The minimum Gasteiger partial charge on any atom is -0.0955 e. The number of rotatable bonds is 10. The molecule has 0 bridgehead atoms. The summed E-state index contributed by atoms with van der Waals surface area (Å²) >= 11 is 0. The van der Waals surface area contributed by atoms with Gasteiger partial charge in [-0.15, -0.1) is 0 Å². The molecule has 0 radical (unpaired) electrons. The van der Waals surface area contributed by atoms with Crippen LogP contribution in [0.25, 0.3) is 5.57 Å². The van der Waals surface area contributed by atoms with Crippen molar-refractivity contribution in [3.8, 4) is 0 Å². The van der Waals surface area contributed by atoms with Crippen molar-refractivity contribution in [1.82, 2.24) is 0 Å². The lowest BCUT2D eigenvalue weighted by atomic mass is 9.60. The summed E-state index contributed by atoms with van der Waals surface area (Å²) in [5.41, 5.74) is 7.59. The predicted octanol–water partition coefficient (Wildman–Crippen LogP) is 10.9. The Morgan fingerprint density at radius 3 is 2.09 bits per heavy atom. The number of hydrogen-bond donors (Lipinski definition) is 0. The van der Waals surface area contributed by atoms with Crippen LogP contribution in [0.4, 0.5) is 0 Å². The molecule has 0 spiro atoms. The van der Waals surface area contributed by atoms with Gasteiger partial charge in [0.05, 0.1) is 0 Å². The fourth-order valence-electron chi connectivity index (χ4n) is 6.67. The second kappa shape index (κ2) is 14.6. The summed E-state index contributed by atoms with van der Waals surface area (Å²) in [6.45, 7) is 17.6. The van der Waals surface area contributed by atoms with Crippen LogP contribution in [0.2, 0.25) is 0 Å². The molecule has 2 atom stereocenters. The Balaban J connectivity index is 0.000000270. The third kappa shape index (κ3) is 8.14. The molecule has 188 valence electrons. The molecule has 2 aromatic carbocycles. The fourth-order valence-corrected chi connectivity index (χ4v) is 6.67. The minimum absolute atomic E-state index is 0.627. The Morgan fingerprint density at radius 1 is 0.853 bits per heavy atom. The molecular weight excluding hydrogens is 408 g/mol. The molecule has 0 N–H and O–H groups in total. The lowest BCUT2D eigenvalue weighted by molar-refractivity contribution is 0.0904. The van der Waals surface area contributed by atoms with Crippen LogP contribution >= 0.6 is 0 Å². The monoisotopic (exact) mass is 460 g/mol. The highest BCUT2D eigenvalue weighted by Crippen LogP contribution is 2.52. The van der Waals surface area contributed by atoms with Crippen LogP contribution in [0.5, 0.6) is 0 Å². The second-order valence-corrected chi connectivity index (χ2v) is 11.0. The van der Waals surface area contributed by atoms with Gasteiger partial charge in [-0.2, -0.15) is 0 Å². The Kier molecular flexibility index (Phi) is 12.2. The SMILES string of the molecule is C=C(C)c1cccc(C)c1CCC.CCCC1CC(c2ccccc2)CC(CCC)(CCC)C1. The molecule has 0 heterocycles. The molecule has 2 unspecified atom stereocenters. The molecule has 0 amide bonds. The van der Waals surface area contributed by atoms with Gasteiger partial charge in [0.1, 0.15) is 0 Å². The Labute approximate surface area is 212 Å². The van der Waals surface area contributed by atoms with Crippen LogP contribution in [0.15, 0.2) is 55.1 Å². The summed E-state index contributed by atoms with van der Waals surface area (Å²) in [6, 6.07) is 17.8. The molecule has 34 heavy (non-hydrogen) atoms. The maximum absolute atomic E-state index is 4.01. The molecule has 0 aromatic heterocycles. The normalized spacial score (nSPS) is 19.2. The van der Waals surface area contributed by atoms with Crippen LogP contribution in [0, 0.1) is 18.3 Å². The standard InChI is InChI=1S/C21H34.C13H18/c1-4-10-18-15-20(19-11-8-7-9-12-19)17-21(16-18,13-5-2)14-6-3;1-5-7-13-11(4)8-6-9-12(13)10(2)3/h7-9,11-12,18,20H,4-6,10,13-17H2,1-3H3;6,8-9H,2,5,7H2,1,3-4H3. The molecule has 1 saturated carbocycles. The Bertz CT molecular complexity index is 838. The number of allylic oxidation sites excluding steroid dienone is 1. The van der Waals surface area contributed by atoms with E-state index in [4.69, 9.17) is 0 Å². The first-order chi connectivity index (χ1) is 16.4. The first-order valence-corrected chi connectivity index (χ1v) is 14.2. The fraction of sp³-hybridized carbons (Fsp3) is 0.588. The van der Waals surface area contributed by atoms with E-state index in [-0.39, 0.29) is 0 Å². The summed E-state index contributed by atoms with van der Waals surface area (Å²) in [5, 5.41) is 0. The largest absolute Gasteiger partial charge is 0.0955 e. The number of hydrogen-bond acceptors (Lipinski definition) is 0. The van der Waals surface area contributed by atoms with Gasteiger partial charge in [0.25, 0.3) is 0 Å². The topological polar surface area (TPSA) is 0 Å². The van der Waals surface area contributed by atoms with Crippen molar-refractivity contribution in [2.24, 2.45) is 11.3 Å². The highest BCUT2D eigenvalue weighted by molar-refractivity contribution is 5.65. The van der Waals surface area contributed by atoms with Gasteiger partial charge in [0, 0.05) is 0 Å². The third-order valence-electron chi connectivity index (χ3n) is 7.92. The van der Waals surface area contributed by atoms with Crippen LogP contribution in [-0.4, -0.2) is 0 Å². The zero-order valence-corrected chi connectivity index (χ0v) is 23.3. The van der Waals surface area contributed by atoms with Crippen molar-refractivity contribution in [2.45, 2.75) is 118 Å². The number of benzene rings is 2. The highest BCUT2D eigenvalue weighted by atomic mass is 14.4. The van der Waals surface area contributed by atoms with Crippen molar-refractivity contribution in [2.75, 3.05) is 0 Å². The Morgan fingerprint density at radius 2 is 1.53 bits per heavy atom. The molecule has 0 saturated heterocycles. The molecule has 0 heteroatoms. The van der Waals surface area contributed by atoms with Gasteiger partial charge in [-0.25, -0.2) is 0 Å². The van der Waals surface area contributed by atoms with Crippen LogP contribution in [0.3, 0.4) is 0 Å². The van der Waals surface area contributed by atoms with Gasteiger partial charge < -0.3 is 0 Å². The van der Waals surface area contributed by atoms with Crippen molar-refractivity contribution in [3.63, 3.8) is 0 Å². The van der Waals surface area contributed by atoms with Crippen molar-refractivity contribution < 1.29 is 0 Å². The summed E-state index contributed by atoms with van der Waals surface area (Å²) in [6.07, 6.45) is 15.0.